The second-order valence-electron chi connectivity index (χ2n) is 4.28. The highest BCUT2D eigenvalue weighted by Crippen LogP contribution is 2.23. The summed E-state index contributed by atoms with van der Waals surface area (Å²) in [4.78, 5) is 14.0. The molecule has 0 saturated carbocycles. The van der Waals surface area contributed by atoms with Gasteiger partial charge in [0.05, 0.1) is 10.6 Å². The number of halogens is 2. The van der Waals surface area contributed by atoms with Gasteiger partial charge in [0.25, 0.3) is 5.91 Å². The van der Waals surface area contributed by atoms with E-state index in [-0.39, 0.29) is 11.9 Å². The molecule has 1 atom stereocenters. The average molecular weight is 273 g/mol. The van der Waals surface area contributed by atoms with Crippen molar-refractivity contribution in [3.8, 4) is 0 Å². The first-order valence-electron chi connectivity index (χ1n) is 5.58. The number of hydrogen-bond donors (Lipinski definition) is 1. The molecule has 0 radical (unpaired) electrons. The summed E-state index contributed by atoms with van der Waals surface area (Å²) in [6.07, 6.45) is 1.90. The summed E-state index contributed by atoms with van der Waals surface area (Å²) < 4.78 is 0. The van der Waals surface area contributed by atoms with Gasteiger partial charge in [-0.05, 0) is 31.0 Å². The normalized spacial score (nSPS) is 20.4. The number of benzene rings is 1. The van der Waals surface area contributed by atoms with Gasteiger partial charge < -0.3 is 10.6 Å². The van der Waals surface area contributed by atoms with Crippen LogP contribution in [0.3, 0.4) is 0 Å². The molecule has 2 rings (SSSR count). The number of hydrogen-bond acceptors (Lipinski definition) is 2. The Balaban J connectivity index is 2.21. The maximum atomic E-state index is 12.2. The third-order valence-electron chi connectivity index (χ3n) is 2.90. The molecular formula is C12H14Cl2N2O. The molecule has 2 N–H and O–H groups in total. The molecule has 92 valence electrons. The van der Waals surface area contributed by atoms with Gasteiger partial charge in [-0.2, -0.15) is 0 Å². The summed E-state index contributed by atoms with van der Waals surface area (Å²) in [5.41, 5.74) is 6.31. The highest BCUT2D eigenvalue weighted by molar-refractivity contribution is 6.35. The maximum Gasteiger partial charge on any atom is 0.255 e. The van der Waals surface area contributed by atoms with E-state index in [0.717, 1.165) is 19.4 Å². The van der Waals surface area contributed by atoms with Crippen molar-refractivity contribution in [3.05, 3.63) is 33.8 Å². The van der Waals surface area contributed by atoms with E-state index in [9.17, 15) is 4.79 Å². The predicted octanol–water partition coefficient (Wildman–Crippen LogP) is 2.56. The quantitative estimate of drug-likeness (QED) is 0.854. The molecule has 1 aromatic carbocycles. The predicted molar refractivity (Wildman–Crippen MR) is 69.6 cm³/mol. The van der Waals surface area contributed by atoms with Crippen molar-refractivity contribution < 1.29 is 4.79 Å². The van der Waals surface area contributed by atoms with Gasteiger partial charge in [0.15, 0.2) is 0 Å². The third kappa shape index (κ3) is 2.92. The Hall–Kier alpha value is -0.770. The average Bonchev–Trinajstić information content (AvgIpc) is 2.31. The molecule has 1 heterocycles. The fourth-order valence-corrected chi connectivity index (χ4v) is 2.40. The molecule has 0 aliphatic carbocycles. The van der Waals surface area contributed by atoms with Gasteiger partial charge >= 0.3 is 0 Å². The van der Waals surface area contributed by atoms with E-state index in [2.05, 4.69) is 0 Å². The van der Waals surface area contributed by atoms with Gasteiger partial charge in [-0.3, -0.25) is 4.79 Å². The molecule has 1 amide bonds. The number of amides is 1. The van der Waals surface area contributed by atoms with Crippen LogP contribution in [-0.2, 0) is 0 Å². The molecule has 0 bridgehead atoms. The Morgan fingerprint density at radius 3 is 2.88 bits per heavy atom. The lowest BCUT2D eigenvalue weighted by atomic mass is 10.1. The van der Waals surface area contributed by atoms with Crippen molar-refractivity contribution >= 4 is 29.1 Å². The van der Waals surface area contributed by atoms with Crippen LogP contribution in [0.5, 0.6) is 0 Å². The fourth-order valence-electron chi connectivity index (χ4n) is 2.03. The maximum absolute atomic E-state index is 12.2. The molecule has 1 aliphatic rings. The number of carbonyl (C=O) groups is 1. The van der Waals surface area contributed by atoms with Crippen LogP contribution in [0, 0.1) is 0 Å². The van der Waals surface area contributed by atoms with Crippen molar-refractivity contribution in [2.75, 3.05) is 13.1 Å². The zero-order valence-electron chi connectivity index (χ0n) is 9.33. The summed E-state index contributed by atoms with van der Waals surface area (Å²) >= 11 is 11.9. The monoisotopic (exact) mass is 272 g/mol. The first kappa shape index (κ1) is 12.7. The fraction of sp³-hybridized carbons (Fsp3) is 0.417. The highest BCUT2D eigenvalue weighted by atomic mass is 35.5. The van der Waals surface area contributed by atoms with Crippen molar-refractivity contribution in [2.24, 2.45) is 5.73 Å². The second kappa shape index (κ2) is 5.25. The molecule has 17 heavy (non-hydrogen) atoms. The van der Waals surface area contributed by atoms with Gasteiger partial charge in [-0.15, -0.1) is 0 Å². The zero-order valence-corrected chi connectivity index (χ0v) is 10.8. The Morgan fingerprint density at radius 1 is 1.41 bits per heavy atom. The van der Waals surface area contributed by atoms with Crippen LogP contribution in [0.2, 0.25) is 10.0 Å². The van der Waals surface area contributed by atoms with Gasteiger partial charge in [-0.25, -0.2) is 0 Å². The highest BCUT2D eigenvalue weighted by Gasteiger charge is 2.23. The minimum atomic E-state index is -0.0901. The van der Waals surface area contributed by atoms with Crippen LogP contribution in [0.1, 0.15) is 23.2 Å². The van der Waals surface area contributed by atoms with Crippen molar-refractivity contribution in [3.63, 3.8) is 0 Å². The minimum absolute atomic E-state index is 0.0608. The van der Waals surface area contributed by atoms with Crippen LogP contribution in [0.15, 0.2) is 18.2 Å². The second-order valence-corrected chi connectivity index (χ2v) is 5.12. The number of rotatable bonds is 1. The van der Waals surface area contributed by atoms with E-state index in [1.165, 1.54) is 0 Å². The Kier molecular flexibility index (Phi) is 3.92. The molecule has 1 aromatic rings. The minimum Gasteiger partial charge on any atom is -0.337 e. The van der Waals surface area contributed by atoms with Crippen LogP contribution < -0.4 is 5.73 Å². The van der Waals surface area contributed by atoms with E-state index in [1.54, 1.807) is 23.1 Å². The standard InChI is InChI=1S/C12H14Cl2N2O/c13-8-3-4-11(14)10(6-8)12(17)16-5-1-2-9(15)7-16/h3-4,6,9H,1-2,5,7,15H2. The number of likely N-dealkylation sites (tertiary alicyclic amines) is 1. The lowest BCUT2D eigenvalue weighted by Crippen LogP contribution is -2.45. The van der Waals surface area contributed by atoms with Crippen LogP contribution in [-0.4, -0.2) is 29.9 Å². The molecule has 1 fully saturated rings. The summed E-state index contributed by atoms with van der Waals surface area (Å²) in [5.74, 6) is -0.0901. The Morgan fingerprint density at radius 2 is 2.18 bits per heavy atom. The van der Waals surface area contributed by atoms with Gasteiger partial charge in [0.2, 0.25) is 0 Å². The first-order chi connectivity index (χ1) is 8.08. The van der Waals surface area contributed by atoms with Gasteiger partial charge in [0, 0.05) is 24.2 Å². The summed E-state index contributed by atoms with van der Waals surface area (Å²) in [7, 11) is 0. The van der Waals surface area contributed by atoms with E-state index >= 15 is 0 Å². The molecule has 0 spiro atoms. The third-order valence-corrected chi connectivity index (χ3v) is 3.47. The SMILES string of the molecule is NC1CCCN(C(=O)c2cc(Cl)ccc2Cl)C1. The lowest BCUT2D eigenvalue weighted by Gasteiger charge is -2.31. The summed E-state index contributed by atoms with van der Waals surface area (Å²) in [6.45, 7) is 1.32. The smallest absolute Gasteiger partial charge is 0.255 e. The topological polar surface area (TPSA) is 46.3 Å². The van der Waals surface area contributed by atoms with Crippen molar-refractivity contribution in [2.45, 2.75) is 18.9 Å². The van der Waals surface area contributed by atoms with Gasteiger partial charge in [-0.1, -0.05) is 23.2 Å². The molecular weight excluding hydrogens is 259 g/mol. The largest absolute Gasteiger partial charge is 0.337 e. The summed E-state index contributed by atoms with van der Waals surface area (Å²) in [5, 5.41) is 0.942. The van der Waals surface area contributed by atoms with E-state index < -0.39 is 0 Å². The van der Waals surface area contributed by atoms with E-state index in [0.29, 0.717) is 22.2 Å². The Bertz CT molecular complexity index is 437. The molecule has 1 unspecified atom stereocenters. The lowest BCUT2D eigenvalue weighted by molar-refractivity contribution is 0.0709. The zero-order chi connectivity index (χ0) is 12.4. The number of nitrogens with zero attached hydrogens (tertiary/aromatic N) is 1. The van der Waals surface area contributed by atoms with E-state index in [1.807, 2.05) is 0 Å². The number of carbonyl (C=O) groups excluding carboxylic acids is 1. The summed E-state index contributed by atoms with van der Waals surface area (Å²) in [6, 6.07) is 4.97. The van der Waals surface area contributed by atoms with Crippen LogP contribution in [0.4, 0.5) is 0 Å². The van der Waals surface area contributed by atoms with Crippen LogP contribution in [0.25, 0.3) is 0 Å². The number of nitrogens with two attached hydrogens (primary N) is 1. The number of piperidine rings is 1. The first-order valence-corrected chi connectivity index (χ1v) is 6.33. The van der Waals surface area contributed by atoms with Crippen LogP contribution >= 0.6 is 23.2 Å². The Labute approximate surface area is 110 Å². The van der Waals surface area contributed by atoms with E-state index in [4.69, 9.17) is 28.9 Å². The molecule has 3 nitrogen and oxygen atoms in total. The molecule has 1 aliphatic heterocycles. The van der Waals surface area contributed by atoms with Crippen molar-refractivity contribution in [1.29, 1.82) is 0 Å². The van der Waals surface area contributed by atoms with Gasteiger partial charge in [0.1, 0.15) is 0 Å². The molecule has 1 saturated heterocycles. The molecule has 5 heteroatoms. The van der Waals surface area contributed by atoms with Crippen molar-refractivity contribution in [1.82, 2.24) is 4.90 Å². The molecule has 0 aromatic heterocycles.